The Morgan fingerprint density at radius 1 is 1.37 bits per heavy atom. The number of anilines is 1. The van der Waals surface area contributed by atoms with Crippen LogP contribution in [0.1, 0.15) is 12.8 Å². The molecule has 1 saturated heterocycles. The van der Waals surface area contributed by atoms with Crippen LogP contribution in [-0.4, -0.2) is 27.7 Å². The molecule has 0 bridgehead atoms. The molecule has 1 fully saturated rings. The zero-order valence-electron chi connectivity index (χ0n) is 10.0. The number of hydrogen-bond acceptors (Lipinski definition) is 4. The van der Waals surface area contributed by atoms with Gasteiger partial charge in [0.05, 0.1) is 10.6 Å². The van der Waals surface area contributed by atoms with Gasteiger partial charge in [-0.25, -0.2) is 17.5 Å². The zero-order valence-corrected chi connectivity index (χ0v) is 12.4. The molecular formula is C11H14BrFN2O3S. The highest BCUT2D eigenvalue weighted by Gasteiger charge is 2.24. The predicted molar refractivity (Wildman–Crippen MR) is 72.7 cm³/mol. The number of halogens is 2. The quantitative estimate of drug-likeness (QED) is 0.810. The smallest absolute Gasteiger partial charge is 0.242 e. The first kappa shape index (κ1) is 14.7. The Kier molecular flexibility index (Phi) is 4.44. The van der Waals surface area contributed by atoms with Crippen LogP contribution in [0.15, 0.2) is 21.5 Å². The summed E-state index contributed by atoms with van der Waals surface area (Å²) in [5, 5.41) is 0. The van der Waals surface area contributed by atoms with Gasteiger partial charge in [0.2, 0.25) is 10.0 Å². The number of ether oxygens (including phenoxy) is 1. The fraction of sp³-hybridized carbons (Fsp3) is 0.455. The Bertz CT molecular complexity index is 574. The maximum absolute atomic E-state index is 13.2. The van der Waals surface area contributed by atoms with E-state index in [1.807, 2.05) is 0 Å². The highest BCUT2D eigenvalue weighted by molar-refractivity contribution is 9.10. The Balaban J connectivity index is 2.26. The van der Waals surface area contributed by atoms with Crippen molar-refractivity contribution in [1.82, 2.24) is 4.72 Å². The number of nitrogens with one attached hydrogen (secondary N) is 1. The average Bonchev–Trinajstić information content (AvgIpc) is 2.34. The van der Waals surface area contributed by atoms with Crippen LogP contribution in [0.5, 0.6) is 0 Å². The summed E-state index contributed by atoms with van der Waals surface area (Å²) in [4.78, 5) is -0.0575. The van der Waals surface area contributed by atoms with Crippen LogP contribution in [0.2, 0.25) is 0 Å². The van der Waals surface area contributed by atoms with Gasteiger partial charge in [-0.2, -0.15) is 0 Å². The molecule has 0 unspecified atom stereocenters. The second kappa shape index (κ2) is 5.74. The first-order chi connectivity index (χ1) is 8.90. The van der Waals surface area contributed by atoms with Crippen molar-refractivity contribution in [2.24, 2.45) is 0 Å². The lowest BCUT2D eigenvalue weighted by Crippen LogP contribution is -2.39. The topological polar surface area (TPSA) is 81.4 Å². The summed E-state index contributed by atoms with van der Waals surface area (Å²) in [6, 6.07) is 1.99. The van der Waals surface area contributed by atoms with Gasteiger partial charge in [0, 0.05) is 23.7 Å². The van der Waals surface area contributed by atoms with Crippen LogP contribution in [0, 0.1) is 5.82 Å². The highest BCUT2D eigenvalue weighted by Crippen LogP contribution is 2.27. The Hall–Kier alpha value is -0.700. The molecule has 1 aliphatic rings. The lowest BCUT2D eigenvalue weighted by molar-refractivity contribution is 0.0832. The first-order valence-corrected chi connectivity index (χ1v) is 8.02. The molecule has 1 aliphatic heterocycles. The van der Waals surface area contributed by atoms with Crippen molar-refractivity contribution >= 4 is 31.6 Å². The minimum Gasteiger partial charge on any atom is -0.396 e. The van der Waals surface area contributed by atoms with E-state index in [-0.39, 0.29) is 21.1 Å². The van der Waals surface area contributed by atoms with E-state index < -0.39 is 15.8 Å². The Morgan fingerprint density at radius 2 is 2.00 bits per heavy atom. The van der Waals surface area contributed by atoms with E-state index in [9.17, 15) is 12.8 Å². The maximum atomic E-state index is 13.2. The molecule has 0 saturated carbocycles. The summed E-state index contributed by atoms with van der Waals surface area (Å²) in [5.41, 5.74) is 5.21. The van der Waals surface area contributed by atoms with Crippen molar-refractivity contribution in [1.29, 1.82) is 0 Å². The standard InChI is InChI=1S/C11H14BrFN2O3S/c12-8-5-9(13)10(14)6-11(8)19(16,17)15-7-1-3-18-4-2-7/h5-7,15H,1-4,14H2. The fourth-order valence-electron chi connectivity index (χ4n) is 1.85. The van der Waals surface area contributed by atoms with E-state index >= 15 is 0 Å². The molecular weight excluding hydrogens is 339 g/mol. The van der Waals surface area contributed by atoms with Gasteiger partial charge in [0.1, 0.15) is 5.82 Å². The molecule has 0 aromatic heterocycles. The molecule has 106 valence electrons. The molecule has 1 heterocycles. The van der Waals surface area contributed by atoms with Crippen LogP contribution in [0.4, 0.5) is 10.1 Å². The van der Waals surface area contributed by atoms with Crippen LogP contribution in [0.3, 0.4) is 0 Å². The van der Waals surface area contributed by atoms with Gasteiger partial charge in [-0.15, -0.1) is 0 Å². The third-order valence-corrected chi connectivity index (χ3v) is 5.36. The van der Waals surface area contributed by atoms with E-state index in [4.69, 9.17) is 10.5 Å². The second-order valence-corrected chi connectivity index (χ2v) is 6.85. The SMILES string of the molecule is Nc1cc(S(=O)(=O)NC2CCOCC2)c(Br)cc1F. The number of sulfonamides is 1. The average molecular weight is 353 g/mol. The van der Waals surface area contributed by atoms with Gasteiger partial charge in [-0.1, -0.05) is 0 Å². The molecule has 0 amide bonds. The summed E-state index contributed by atoms with van der Waals surface area (Å²) in [6.07, 6.45) is 1.24. The van der Waals surface area contributed by atoms with E-state index in [0.717, 1.165) is 12.1 Å². The molecule has 19 heavy (non-hydrogen) atoms. The number of nitrogens with two attached hydrogens (primary N) is 1. The van der Waals surface area contributed by atoms with Gasteiger partial charge < -0.3 is 10.5 Å². The summed E-state index contributed by atoms with van der Waals surface area (Å²) in [7, 11) is -3.73. The molecule has 3 N–H and O–H groups in total. The second-order valence-electron chi connectivity index (χ2n) is 4.31. The summed E-state index contributed by atoms with van der Waals surface area (Å²) in [6.45, 7) is 1.06. The normalized spacial score (nSPS) is 17.6. The van der Waals surface area contributed by atoms with Gasteiger partial charge in [-0.3, -0.25) is 0 Å². The monoisotopic (exact) mass is 352 g/mol. The third kappa shape index (κ3) is 3.44. The number of hydrogen-bond donors (Lipinski definition) is 2. The van der Waals surface area contributed by atoms with Gasteiger partial charge >= 0.3 is 0 Å². The summed E-state index contributed by atoms with van der Waals surface area (Å²) < 4.78 is 45.6. The predicted octanol–water partition coefficient (Wildman–Crippen LogP) is 1.63. The van der Waals surface area contributed by atoms with Crippen molar-refractivity contribution in [3.05, 3.63) is 22.4 Å². The molecule has 2 rings (SSSR count). The van der Waals surface area contributed by atoms with Crippen LogP contribution < -0.4 is 10.5 Å². The number of benzene rings is 1. The zero-order chi connectivity index (χ0) is 14.0. The Labute approximate surface area is 119 Å². The lowest BCUT2D eigenvalue weighted by atomic mass is 10.1. The minimum absolute atomic E-state index is 0.0575. The molecule has 0 aliphatic carbocycles. The van der Waals surface area contributed by atoms with Crippen molar-refractivity contribution in [2.75, 3.05) is 18.9 Å². The van der Waals surface area contributed by atoms with Gasteiger partial charge in [0.15, 0.2) is 0 Å². The van der Waals surface area contributed by atoms with E-state index in [1.54, 1.807) is 0 Å². The van der Waals surface area contributed by atoms with Crippen molar-refractivity contribution in [3.8, 4) is 0 Å². The van der Waals surface area contributed by atoms with Crippen molar-refractivity contribution in [2.45, 2.75) is 23.8 Å². The summed E-state index contributed by atoms with van der Waals surface area (Å²) >= 11 is 3.04. The molecule has 5 nitrogen and oxygen atoms in total. The van der Waals surface area contributed by atoms with E-state index in [1.165, 1.54) is 0 Å². The third-order valence-electron chi connectivity index (χ3n) is 2.88. The highest BCUT2D eigenvalue weighted by atomic mass is 79.9. The molecule has 0 atom stereocenters. The molecule has 1 aromatic carbocycles. The van der Waals surface area contributed by atoms with Crippen molar-refractivity contribution in [3.63, 3.8) is 0 Å². The van der Waals surface area contributed by atoms with Crippen LogP contribution >= 0.6 is 15.9 Å². The summed E-state index contributed by atoms with van der Waals surface area (Å²) in [5.74, 6) is -0.656. The minimum atomic E-state index is -3.73. The number of rotatable bonds is 3. The molecule has 1 aromatic rings. The van der Waals surface area contributed by atoms with Crippen LogP contribution in [0.25, 0.3) is 0 Å². The Morgan fingerprint density at radius 3 is 2.63 bits per heavy atom. The van der Waals surface area contributed by atoms with E-state index in [2.05, 4.69) is 20.7 Å². The molecule has 8 heteroatoms. The van der Waals surface area contributed by atoms with Crippen molar-refractivity contribution < 1.29 is 17.5 Å². The lowest BCUT2D eigenvalue weighted by Gasteiger charge is -2.23. The molecule has 0 spiro atoms. The van der Waals surface area contributed by atoms with Gasteiger partial charge in [0.25, 0.3) is 0 Å². The molecule has 0 radical (unpaired) electrons. The maximum Gasteiger partial charge on any atom is 0.242 e. The number of nitrogen functional groups attached to an aromatic ring is 1. The first-order valence-electron chi connectivity index (χ1n) is 5.75. The van der Waals surface area contributed by atoms with E-state index in [0.29, 0.717) is 26.1 Å². The van der Waals surface area contributed by atoms with Crippen LogP contribution in [-0.2, 0) is 14.8 Å². The van der Waals surface area contributed by atoms with Gasteiger partial charge in [-0.05, 0) is 40.9 Å². The largest absolute Gasteiger partial charge is 0.396 e. The fourth-order valence-corrected chi connectivity index (χ4v) is 4.20.